The lowest BCUT2D eigenvalue weighted by atomic mass is 10.1. The Bertz CT molecular complexity index is 834. The van der Waals surface area contributed by atoms with Crippen molar-refractivity contribution in [1.82, 2.24) is 19.9 Å². The molecular weight excluding hydrogens is 334 g/mol. The molecule has 4 rings (SSSR count). The summed E-state index contributed by atoms with van der Waals surface area (Å²) < 4.78 is 12.8. The minimum Gasteiger partial charge on any atom is -0.486 e. The molecule has 0 saturated carbocycles. The normalized spacial score (nSPS) is 21.9. The fourth-order valence-electron chi connectivity index (χ4n) is 3.67. The number of hydrogen-bond acceptors (Lipinski definition) is 6. The van der Waals surface area contributed by atoms with E-state index >= 15 is 0 Å². The van der Waals surface area contributed by atoms with Crippen molar-refractivity contribution in [2.24, 2.45) is 11.7 Å². The van der Waals surface area contributed by atoms with E-state index in [2.05, 4.69) is 10.3 Å². The number of carbonyl (C=O) groups excluding carboxylic acids is 1. The lowest BCUT2D eigenvalue weighted by Gasteiger charge is -2.20. The van der Waals surface area contributed by atoms with E-state index in [0.717, 1.165) is 12.1 Å². The predicted molar refractivity (Wildman–Crippen MR) is 94.7 cm³/mol. The van der Waals surface area contributed by atoms with Gasteiger partial charge in [-0.1, -0.05) is 5.21 Å². The molecule has 3 heterocycles. The summed E-state index contributed by atoms with van der Waals surface area (Å²) in [6.07, 6.45) is 0.928. The molecule has 2 atom stereocenters. The van der Waals surface area contributed by atoms with Crippen LogP contribution in [0.5, 0.6) is 11.5 Å². The van der Waals surface area contributed by atoms with E-state index in [1.807, 2.05) is 36.9 Å². The van der Waals surface area contributed by atoms with Crippen LogP contribution in [0.3, 0.4) is 0 Å². The molecule has 8 nitrogen and oxygen atoms in total. The molecule has 1 saturated heterocycles. The largest absolute Gasteiger partial charge is 0.486 e. The molecule has 1 aromatic heterocycles. The van der Waals surface area contributed by atoms with Gasteiger partial charge in [0.1, 0.15) is 13.2 Å². The molecule has 138 valence electrons. The second-order valence-electron chi connectivity index (χ2n) is 6.91. The Balaban J connectivity index is 1.61. The van der Waals surface area contributed by atoms with Gasteiger partial charge < -0.3 is 20.1 Å². The monoisotopic (exact) mass is 357 g/mol. The van der Waals surface area contributed by atoms with Crippen molar-refractivity contribution in [2.75, 3.05) is 26.3 Å². The van der Waals surface area contributed by atoms with Crippen LogP contribution in [0.4, 0.5) is 0 Å². The summed E-state index contributed by atoms with van der Waals surface area (Å²) in [5, 5.41) is 8.34. The van der Waals surface area contributed by atoms with E-state index in [4.69, 9.17) is 15.2 Å². The second-order valence-corrected chi connectivity index (χ2v) is 6.91. The first-order chi connectivity index (χ1) is 12.6. The first-order valence-corrected chi connectivity index (χ1v) is 8.92. The van der Waals surface area contributed by atoms with E-state index in [1.54, 1.807) is 4.68 Å². The third-order valence-electron chi connectivity index (χ3n) is 5.12. The number of rotatable bonds is 3. The number of aromatic nitrogens is 3. The van der Waals surface area contributed by atoms with Crippen LogP contribution in [0.25, 0.3) is 5.69 Å². The van der Waals surface area contributed by atoms with Crippen LogP contribution < -0.4 is 15.2 Å². The number of nitrogens with two attached hydrogens (primary N) is 1. The van der Waals surface area contributed by atoms with E-state index in [1.165, 1.54) is 0 Å². The minimum atomic E-state index is -0.0882. The fraction of sp³-hybridized carbons (Fsp3) is 0.500. The zero-order chi connectivity index (χ0) is 18.3. The highest BCUT2D eigenvalue weighted by molar-refractivity contribution is 5.93. The molecule has 8 heteroatoms. The van der Waals surface area contributed by atoms with Crippen LogP contribution in [0, 0.1) is 12.8 Å². The van der Waals surface area contributed by atoms with Gasteiger partial charge in [-0.05, 0) is 44.9 Å². The minimum absolute atomic E-state index is 0.0882. The number of nitrogens with zero attached hydrogens (tertiary/aromatic N) is 4. The molecule has 1 amide bonds. The van der Waals surface area contributed by atoms with Gasteiger partial charge in [-0.25, -0.2) is 4.68 Å². The lowest BCUT2D eigenvalue weighted by Crippen LogP contribution is -2.35. The van der Waals surface area contributed by atoms with E-state index in [-0.39, 0.29) is 11.9 Å². The van der Waals surface area contributed by atoms with Gasteiger partial charge in [0.2, 0.25) is 0 Å². The summed E-state index contributed by atoms with van der Waals surface area (Å²) in [5.41, 5.74) is 7.64. The summed E-state index contributed by atoms with van der Waals surface area (Å²) in [4.78, 5) is 14.8. The van der Waals surface area contributed by atoms with Gasteiger partial charge in [-0.3, -0.25) is 4.79 Å². The molecule has 0 aliphatic carbocycles. The quantitative estimate of drug-likeness (QED) is 0.885. The Morgan fingerprint density at radius 1 is 1.31 bits per heavy atom. The van der Waals surface area contributed by atoms with Crippen molar-refractivity contribution in [2.45, 2.75) is 26.3 Å². The third kappa shape index (κ3) is 2.80. The summed E-state index contributed by atoms with van der Waals surface area (Å²) in [6, 6.07) is 5.75. The molecule has 0 radical (unpaired) electrons. The van der Waals surface area contributed by atoms with Crippen molar-refractivity contribution in [3.05, 3.63) is 29.6 Å². The number of benzene rings is 1. The Labute approximate surface area is 151 Å². The molecule has 2 aliphatic rings. The molecule has 2 aliphatic heterocycles. The standard InChI is InChI=1S/C18H23N5O3/c1-11-7-13(9-19)10-22(11)18(24)17-12(2)23(21-20-17)14-3-4-15-16(8-14)26-6-5-25-15/h3-4,8,11,13H,5-7,9-10,19H2,1-2H3. The topological polar surface area (TPSA) is 95.5 Å². The first-order valence-electron chi connectivity index (χ1n) is 8.92. The molecule has 0 bridgehead atoms. The molecular formula is C18H23N5O3. The SMILES string of the molecule is Cc1c(C(=O)N2CC(CN)CC2C)nnn1-c1ccc2c(c1)OCCO2. The summed E-state index contributed by atoms with van der Waals surface area (Å²) >= 11 is 0. The average molecular weight is 357 g/mol. The van der Waals surface area contributed by atoms with Gasteiger partial charge >= 0.3 is 0 Å². The van der Waals surface area contributed by atoms with Crippen molar-refractivity contribution < 1.29 is 14.3 Å². The number of amides is 1. The van der Waals surface area contributed by atoms with Gasteiger partial charge in [0.05, 0.1) is 11.4 Å². The molecule has 26 heavy (non-hydrogen) atoms. The molecule has 1 aromatic carbocycles. The molecule has 2 N–H and O–H groups in total. The van der Waals surface area contributed by atoms with Gasteiger partial charge in [-0.15, -0.1) is 5.10 Å². The van der Waals surface area contributed by atoms with Crippen molar-refractivity contribution in [3.8, 4) is 17.2 Å². The zero-order valence-corrected chi connectivity index (χ0v) is 15.0. The maximum atomic E-state index is 12.9. The molecule has 0 spiro atoms. The van der Waals surface area contributed by atoms with Crippen LogP contribution in [0.15, 0.2) is 18.2 Å². The smallest absolute Gasteiger partial charge is 0.276 e. The highest BCUT2D eigenvalue weighted by atomic mass is 16.6. The number of fused-ring (bicyclic) bond motifs is 1. The van der Waals surface area contributed by atoms with Crippen LogP contribution in [-0.2, 0) is 0 Å². The maximum absolute atomic E-state index is 12.9. The van der Waals surface area contributed by atoms with Crippen LogP contribution in [0.1, 0.15) is 29.5 Å². The Morgan fingerprint density at radius 3 is 2.81 bits per heavy atom. The molecule has 2 aromatic rings. The van der Waals surface area contributed by atoms with Crippen molar-refractivity contribution in [3.63, 3.8) is 0 Å². The number of ether oxygens (including phenoxy) is 2. The van der Waals surface area contributed by atoms with Gasteiger partial charge in [0, 0.05) is 18.7 Å². The highest BCUT2D eigenvalue weighted by Crippen LogP contribution is 2.32. The highest BCUT2D eigenvalue weighted by Gasteiger charge is 2.34. The summed E-state index contributed by atoms with van der Waals surface area (Å²) in [7, 11) is 0. The van der Waals surface area contributed by atoms with Gasteiger partial charge in [0.25, 0.3) is 5.91 Å². The Morgan fingerprint density at radius 2 is 2.08 bits per heavy atom. The Kier molecular flexibility index (Phi) is 4.28. The fourth-order valence-corrected chi connectivity index (χ4v) is 3.67. The van der Waals surface area contributed by atoms with E-state index in [9.17, 15) is 4.79 Å². The van der Waals surface area contributed by atoms with Crippen LogP contribution in [-0.4, -0.2) is 58.1 Å². The van der Waals surface area contributed by atoms with Crippen molar-refractivity contribution >= 4 is 5.91 Å². The van der Waals surface area contributed by atoms with Crippen LogP contribution in [0.2, 0.25) is 0 Å². The zero-order valence-electron chi connectivity index (χ0n) is 15.0. The van der Waals surface area contributed by atoms with Crippen LogP contribution >= 0.6 is 0 Å². The average Bonchev–Trinajstić information content (AvgIpc) is 3.23. The van der Waals surface area contributed by atoms with E-state index in [0.29, 0.717) is 55.1 Å². The van der Waals surface area contributed by atoms with Gasteiger partial charge in [0.15, 0.2) is 17.2 Å². The summed E-state index contributed by atoms with van der Waals surface area (Å²) in [5.74, 6) is 1.65. The summed E-state index contributed by atoms with van der Waals surface area (Å²) in [6.45, 7) is 6.24. The number of hydrogen-bond donors (Lipinski definition) is 1. The molecule has 1 fully saturated rings. The van der Waals surface area contributed by atoms with Gasteiger partial charge in [-0.2, -0.15) is 0 Å². The Hall–Kier alpha value is -2.61. The lowest BCUT2D eigenvalue weighted by molar-refractivity contribution is 0.0736. The van der Waals surface area contributed by atoms with E-state index < -0.39 is 0 Å². The maximum Gasteiger partial charge on any atom is 0.276 e. The number of likely N-dealkylation sites (tertiary alicyclic amines) is 1. The predicted octanol–water partition coefficient (Wildman–Crippen LogP) is 1.16. The number of carbonyl (C=O) groups is 1. The third-order valence-corrected chi connectivity index (χ3v) is 5.12. The second kappa shape index (κ2) is 6.60. The first kappa shape index (κ1) is 16.8. The molecule has 2 unspecified atom stereocenters. The van der Waals surface area contributed by atoms with Crippen molar-refractivity contribution in [1.29, 1.82) is 0 Å².